The Bertz CT molecular complexity index is 659. The maximum atomic E-state index is 5.50. The largest absolute Gasteiger partial charge is 0.494 e. The van der Waals surface area contributed by atoms with E-state index < -0.39 is 0 Å². The molecular formula is C15H14N2O. The number of nitrogens with zero attached hydrogens (tertiary/aromatic N) is 1. The van der Waals surface area contributed by atoms with Gasteiger partial charge in [-0.15, -0.1) is 0 Å². The first-order chi connectivity index (χ1) is 8.86. The molecule has 2 heterocycles. The molecule has 3 nitrogen and oxygen atoms in total. The van der Waals surface area contributed by atoms with E-state index in [9.17, 15) is 0 Å². The van der Waals surface area contributed by atoms with Crippen LogP contribution in [-0.2, 0) is 0 Å². The zero-order valence-corrected chi connectivity index (χ0v) is 10.2. The Morgan fingerprint density at radius 2 is 2.17 bits per heavy atom. The lowest BCUT2D eigenvalue weighted by molar-refractivity contribution is 0.340. The lowest BCUT2D eigenvalue weighted by atomic mass is 10.2. The van der Waals surface area contributed by atoms with Crippen molar-refractivity contribution in [3.05, 3.63) is 48.8 Å². The maximum absolute atomic E-state index is 5.50. The van der Waals surface area contributed by atoms with Gasteiger partial charge in [-0.3, -0.25) is 4.98 Å². The smallest absolute Gasteiger partial charge is 0.121 e. The molecule has 0 saturated carbocycles. The van der Waals surface area contributed by atoms with E-state index in [2.05, 4.69) is 22.1 Å². The monoisotopic (exact) mass is 238 g/mol. The topological polar surface area (TPSA) is 37.9 Å². The number of H-pyrrole nitrogens is 1. The number of benzene rings is 1. The zero-order chi connectivity index (χ0) is 12.4. The van der Waals surface area contributed by atoms with Crippen LogP contribution in [0.25, 0.3) is 22.2 Å². The normalized spacial score (nSPS) is 10.7. The SMILES string of the molecule is CCOc1ccc2cc(-c3cccnc3)[nH]c2c1. The second-order valence-electron chi connectivity index (χ2n) is 4.11. The molecule has 3 aromatic rings. The van der Waals surface area contributed by atoms with Crippen molar-refractivity contribution in [3.63, 3.8) is 0 Å². The maximum Gasteiger partial charge on any atom is 0.121 e. The van der Waals surface area contributed by atoms with Crippen LogP contribution in [0.4, 0.5) is 0 Å². The first-order valence-corrected chi connectivity index (χ1v) is 6.03. The second-order valence-corrected chi connectivity index (χ2v) is 4.11. The fourth-order valence-electron chi connectivity index (χ4n) is 2.04. The van der Waals surface area contributed by atoms with Crippen LogP contribution in [0.5, 0.6) is 5.75 Å². The van der Waals surface area contributed by atoms with Gasteiger partial charge in [-0.2, -0.15) is 0 Å². The van der Waals surface area contributed by atoms with Gasteiger partial charge >= 0.3 is 0 Å². The molecule has 0 aliphatic heterocycles. The summed E-state index contributed by atoms with van der Waals surface area (Å²) in [5.74, 6) is 0.893. The summed E-state index contributed by atoms with van der Waals surface area (Å²) in [5, 5.41) is 1.18. The highest BCUT2D eigenvalue weighted by molar-refractivity contribution is 5.86. The molecule has 18 heavy (non-hydrogen) atoms. The fraction of sp³-hybridized carbons (Fsp3) is 0.133. The van der Waals surface area contributed by atoms with E-state index in [1.54, 1.807) is 6.20 Å². The van der Waals surface area contributed by atoms with Crippen LogP contribution in [-0.4, -0.2) is 16.6 Å². The van der Waals surface area contributed by atoms with E-state index in [0.717, 1.165) is 22.5 Å². The Hall–Kier alpha value is -2.29. The van der Waals surface area contributed by atoms with Crippen molar-refractivity contribution in [3.8, 4) is 17.0 Å². The molecule has 0 bridgehead atoms. The van der Waals surface area contributed by atoms with E-state index in [0.29, 0.717) is 6.61 Å². The van der Waals surface area contributed by atoms with Gasteiger partial charge in [0.2, 0.25) is 0 Å². The molecule has 0 spiro atoms. The molecule has 0 atom stereocenters. The van der Waals surface area contributed by atoms with Crippen LogP contribution in [0.1, 0.15) is 6.92 Å². The summed E-state index contributed by atoms with van der Waals surface area (Å²) in [6.07, 6.45) is 3.63. The number of aromatic amines is 1. The van der Waals surface area contributed by atoms with Gasteiger partial charge in [-0.25, -0.2) is 0 Å². The van der Waals surface area contributed by atoms with E-state index >= 15 is 0 Å². The molecule has 2 aromatic heterocycles. The van der Waals surface area contributed by atoms with Crippen molar-refractivity contribution in [2.24, 2.45) is 0 Å². The Morgan fingerprint density at radius 1 is 1.22 bits per heavy atom. The van der Waals surface area contributed by atoms with Gasteiger partial charge in [0.1, 0.15) is 5.75 Å². The predicted molar refractivity (Wildman–Crippen MR) is 72.7 cm³/mol. The Kier molecular flexibility index (Phi) is 2.73. The zero-order valence-electron chi connectivity index (χ0n) is 10.2. The number of hydrogen-bond acceptors (Lipinski definition) is 2. The summed E-state index contributed by atoms with van der Waals surface area (Å²) in [6.45, 7) is 2.67. The fourth-order valence-corrected chi connectivity index (χ4v) is 2.04. The lowest BCUT2D eigenvalue weighted by Gasteiger charge is -2.01. The molecule has 0 aliphatic carbocycles. The second kappa shape index (κ2) is 4.53. The molecule has 0 amide bonds. The highest BCUT2D eigenvalue weighted by atomic mass is 16.5. The molecule has 0 fully saturated rings. The molecule has 0 saturated heterocycles. The van der Waals surface area contributed by atoms with Gasteiger partial charge in [0.25, 0.3) is 0 Å². The standard InChI is InChI=1S/C15H14N2O/c1-2-18-13-6-5-11-8-14(17-15(11)9-13)12-4-3-7-16-10-12/h3-10,17H,2H2,1H3. The molecule has 3 rings (SSSR count). The van der Waals surface area contributed by atoms with Crippen LogP contribution in [0.3, 0.4) is 0 Å². The van der Waals surface area contributed by atoms with Crippen molar-refractivity contribution in [2.45, 2.75) is 6.92 Å². The summed E-state index contributed by atoms with van der Waals surface area (Å²) in [7, 11) is 0. The Balaban J connectivity index is 2.06. The average molecular weight is 238 g/mol. The first-order valence-electron chi connectivity index (χ1n) is 6.03. The number of hydrogen-bond donors (Lipinski definition) is 1. The average Bonchev–Trinajstić information content (AvgIpc) is 2.83. The number of pyridine rings is 1. The molecule has 1 aromatic carbocycles. The third-order valence-electron chi connectivity index (χ3n) is 2.88. The molecule has 0 aliphatic rings. The summed E-state index contributed by atoms with van der Waals surface area (Å²) in [5.41, 5.74) is 3.25. The number of rotatable bonds is 3. The molecule has 1 N–H and O–H groups in total. The van der Waals surface area contributed by atoms with Gasteiger partial charge in [0.05, 0.1) is 6.61 Å². The van der Waals surface area contributed by atoms with E-state index in [1.165, 1.54) is 5.39 Å². The van der Waals surface area contributed by atoms with Crippen LogP contribution < -0.4 is 4.74 Å². The molecular weight excluding hydrogens is 224 g/mol. The van der Waals surface area contributed by atoms with Gasteiger partial charge < -0.3 is 9.72 Å². The predicted octanol–water partition coefficient (Wildman–Crippen LogP) is 3.63. The van der Waals surface area contributed by atoms with E-state index in [1.807, 2.05) is 37.4 Å². The van der Waals surface area contributed by atoms with E-state index in [4.69, 9.17) is 4.74 Å². The number of aromatic nitrogens is 2. The summed E-state index contributed by atoms with van der Waals surface area (Å²) < 4.78 is 5.50. The minimum Gasteiger partial charge on any atom is -0.494 e. The molecule has 0 unspecified atom stereocenters. The highest BCUT2D eigenvalue weighted by Crippen LogP contribution is 2.26. The molecule has 0 radical (unpaired) electrons. The Labute approximate surface area is 105 Å². The van der Waals surface area contributed by atoms with Crippen molar-refractivity contribution in [2.75, 3.05) is 6.61 Å². The quantitative estimate of drug-likeness (QED) is 0.756. The van der Waals surface area contributed by atoms with Crippen molar-refractivity contribution < 1.29 is 4.74 Å². The number of fused-ring (bicyclic) bond motifs is 1. The summed E-state index contributed by atoms with van der Waals surface area (Å²) >= 11 is 0. The van der Waals surface area contributed by atoms with Gasteiger partial charge in [0, 0.05) is 40.6 Å². The van der Waals surface area contributed by atoms with Crippen LogP contribution in [0.2, 0.25) is 0 Å². The minimum atomic E-state index is 0.682. The summed E-state index contributed by atoms with van der Waals surface area (Å²) in [6, 6.07) is 12.2. The van der Waals surface area contributed by atoms with Crippen LogP contribution in [0, 0.1) is 0 Å². The first kappa shape index (κ1) is 10.8. The van der Waals surface area contributed by atoms with Gasteiger partial charge in [-0.05, 0) is 37.3 Å². The van der Waals surface area contributed by atoms with Gasteiger partial charge in [0.15, 0.2) is 0 Å². The third kappa shape index (κ3) is 1.95. The minimum absolute atomic E-state index is 0.682. The number of nitrogens with one attached hydrogen (secondary N) is 1. The summed E-state index contributed by atoms with van der Waals surface area (Å²) in [4.78, 5) is 7.52. The van der Waals surface area contributed by atoms with Crippen LogP contribution >= 0.6 is 0 Å². The lowest BCUT2D eigenvalue weighted by Crippen LogP contribution is -1.90. The van der Waals surface area contributed by atoms with E-state index in [-0.39, 0.29) is 0 Å². The Morgan fingerprint density at radius 3 is 2.94 bits per heavy atom. The molecule has 90 valence electrons. The van der Waals surface area contributed by atoms with Crippen LogP contribution in [0.15, 0.2) is 48.8 Å². The number of ether oxygens (including phenoxy) is 1. The van der Waals surface area contributed by atoms with Crippen molar-refractivity contribution in [1.29, 1.82) is 0 Å². The van der Waals surface area contributed by atoms with Gasteiger partial charge in [-0.1, -0.05) is 0 Å². The molecule has 3 heteroatoms. The van der Waals surface area contributed by atoms with Crippen molar-refractivity contribution in [1.82, 2.24) is 9.97 Å². The third-order valence-corrected chi connectivity index (χ3v) is 2.88. The highest BCUT2D eigenvalue weighted by Gasteiger charge is 2.04. The van der Waals surface area contributed by atoms with Crippen molar-refractivity contribution >= 4 is 10.9 Å².